The average molecular weight is 352 g/mol. The summed E-state index contributed by atoms with van der Waals surface area (Å²) in [5, 5.41) is 7.22. The highest BCUT2D eigenvalue weighted by Gasteiger charge is 2.15. The number of methoxy groups -OCH3 is 1. The molecule has 1 saturated heterocycles. The topological polar surface area (TPSA) is 88.9 Å². The van der Waals surface area contributed by atoms with Crippen LogP contribution in [0.25, 0.3) is 11.0 Å². The van der Waals surface area contributed by atoms with Gasteiger partial charge in [-0.1, -0.05) is 11.2 Å². The first-order chi connectivity index (χ1) is 11.8. The molecule has 1 aliphatic heterocycles. The molecule has 0 saturated carbocycles. The molecule has 0 spiro atoms. The Morgan fingerprint density at radius 3 is 3.04 bits per heavy atom. The summed E-state index contributed by atoms with van der Waals surface area (Å²) in [5.74, 6) is 1.74. The Labute approximate surface area is 143 Å². The zero-order chi connectivity index (χ0) is 16.8. The third-order valence-electron chi connectivity index (χ3n) is 3.69. The summed E-state index contributed by atoms with van der Waals surface area (Å²) in [5.41, 5.74) is 0.560. The second-order valence-corrected chi connectivity index (χ2v) is 6.12. The van der Waals surface area contributed by atoms with Crippen molar-refractivity contribution in [1.82, 2.24) is 14.8 Å². The van der Waals surface area contributed by atoms with Gasteiger partial charge in [-0.2, -0.15) is 0 Å². The highest BCUT2D eigenvalue weighted by Crippen LogP contribution is 2.31. The molecule has 1 aromatic carbocycles. The van der Waals surface area contributed by atoms with E-state index >= 15 is 0 Å². The number of aromatic nitrogens is 1. The number of carbonyl (C=O) groups is 1. The van der Waals surface area contributed by atoms with Crippen molar-refractivity contribution in [3.63, 3.8) is 0 Å². The Bertz CT molecular complexity index is 687. The molecule has 0 radical (unpaired) electrons. The number of nitrogens with zero attached hydrogens (tertiary/aromatic N) is 2. The van der Waals surface area contributed by atoms with Gasteiger partial charge in [0.05, 0.1) is 20.3 Å². The Hall–Kier alpha value is -1.97. The number of hydrogen-bond donors (Lipinski definition) is 2. The molecule has 3 rings (SSSR count). The second kappa shape index (κ2) is 8.22. The first-order valence-electron chi connectivity index (χ1n) is 7.69. The molecule has 2 N–H and O–H groups in total. The molecular formula is C15H20N4O4S. The summed E-state index contributed by atoms with van der Waals surface area (Å²) in [6.07, 6.45) is 0. The zero-order valence-electron chi connectivity index (χ0n) is 13.4. The van der Waals surface area contributed by atoms with Gasteiger partial charge in [0.25, 0.3) is 0 Å². The normalized spacial score (nSPS) is 15.4. The molecule has 2 amide bonds. The van der Waals surface area contributed by atoms with E-state index in [1.165, 1.54) is 11.9 Å². The standard InChI is InChI=1S/C15H20N4O4S/c1-21-11-3-2-4-12-13(11)14(17-23-12)16-15(20)18-24-10-7-19-5-8-22-9-6-19/h2-4H,5-10H2,1H3,(H2,16,17,18,20). The van der Waals surface area contributed by atoms with E-state index in [4.69, 9.17) is 14.0 Å². The third-order valence-corrected chi connectivity index (χ3v) is 4.41. The second-order valence-electron chi connectivity index (χ2n) is 5.22. The molecular weight excluding hydrogens is 332 g/mol. The van der Waals surface area contributed by atoms with Gasteiger partial charge in [-0.05, 0) is 24.1 Å². The van der Waals surface area contributed by atoms with Crippen molar-refractivity contribution in [2.75, 3.05) is 51.0 Å². The quantitative estimate of drug-likeness (QED) is 0.606. The molecule has 2 heterocycles. The van der Waals surface area contributed by atoms with E-state index in [2.05, 4.69) is 20.1 Å². The monoisotopic (exact) mass is 352 g/mol. The number of benzene rings is 1. The minimum Gasteiger partial charge on any atom is -0.496 e. The van der Waals surface area contributed by atoms with E-state index in [1.807, 2.05) is 0 Å². The smallest absolute Gasteiger partial charge is 0.330 e. The van der Waals surface area contributed by atoms with Gasteiger partial charge in [-0.3, -0.25) is 14.9 Å². The van der Waals surface area contributed by atoms with E-state index in [9.17, 15) is 4.79 Å². The molecule has 24 heavy (non-hydrogen) atoms. The van der Waals surface area contributed by atoms with Gasteiger partial charge in [-0.15, -0.1) is 0 Å². The fraction of sp³-hybridized carbons (Fsp3) is 0.467. The van der Waals surface area contributed by atoms with Crippen molar-refractivity contribution in [1.29, 1.82) is 0 Å². The number of rotatable bonds is 6. The number of hydrogen-bond acceptors (Lipinski definition) is 7. The lowest BCUT2D eigenvalue weighted by atomic mass is 10.2. The van der Waals surface area contributed by atoms with Crippen LogP contribution in [0.2, 0.25) is 0 Å². The number of fused-ring (bicyclic) bond motifs is 1. The van der Waals surface area contributed by atoms with Crippen LogP contribution in [0.15, 0.2) is 22.7 Å². The summed E-state index contributed by atoms with van der Waals surface area (Å²) in [6.45, 7) is 4.35. The molecule has 0 unspecified atom stereocenters. The van der Waals surface area contributed by atoms with Crippen molar-refractivity contribution >= 4 is 34.8 Å². The first-order valence-corrected chi connectivity index (χ1v) is 8.68. The SMILES string of the molecule is COc1cccc2onc(NC(=O)NSCCN3CCOCC3)c12. The lowest BCUT2D eigenvalue weighted by Gasteiger charge is -2.26. The number of nitrogens with one attached hydrogen (secondary N) is 2. The van der Waals surface area contributed by atoms with Crippen LogP contribution in [0.4, 0.5) is 10.6 Å². The lowest BCUT2D eigenvalue weighted by Crippen LogP contribution is -2.38. The Morgan fingerprint density at radius 2 is 2.25 bits per heavy atom. The molecule has 1 aliphatic rings. The van der Waals surface area contributed by atoms with Gasteiger partial charge in [0, 0.05) is 25.4 Å². The van der Waals surface area contributed by atoms with Crippen LogP contribution in [-0.2, 0) is 4.74 Å². The zero-order valence-corrected chi connectivity index (χ0v) is 14.2. The summed E-state index contributed by atoms with van der Waals surface area (Å²) in [4.78, 5) is 14.3. The number of amides is 2. The molecule has 1 aromatic heterocycles. The highest BCUT2D eigenvalue weighted by molar-refractivity contribution is 7.97. The largest absolute Gasteiger partial charge is 0.496 e. The van der Waals surface area contributed by atoms with Crippen LogP contribution in [0.1, 0.15) is 0 Å². The van der Waals surface area contributed by atoms with Crippen LogP contribution >= 0.6 is 11.9 Å². The number of morpholine rings is 1. The molecule has 0 aliphatic carbocycles. The van der Waals surface area contributed by atoms with Gasteiger partial charge in [0.1, 0.15) is 11.1 Å². The van der Waals surface area contributed by atoms with Gasteiger partial charge in [0.2, 0.25) is 0 Å². The predicted octanol–water partition coefficient (Wildman–Crippen LogP) is 1.94. The van der Waals surface area contributed by atoms with E-state index in [0.717, 1.165) is 38.6 Å². The van der Waals surface area contributed by atoms with Crippen LogP contribution in [0.3, 0.4) is 0 Å². The Kier molecular flexibility index (Phi) is 5.78. The van der Waals surface area contributed by atoms with Crippen molar-refractivity contribution in [2.45, 2.75) is 0 Å². The summed E-state index contributed by atoms with van der Waals surface area (Å²) in [6, 6.07) is 5.02. The van der Waals surface area contributed by atoms with Crippen LogP contribution in [0, 0.1) is 0 Å². The molecule has 2 aromatic rings. The van der Waals surface area contributed by atoms with E-state index < -0.39 is 0 Å². The number of urea groups is 1. The maximum atomic E-state index is 12.0. The lowest BCUT2D eigenvalue weighted by molar-refractivity contribution is 0.0410. The van der Waals surface area contributed by atoms with Crippen LogP contribution in [-0.4, -0.2) is 61.8 Å². The Morgan fingerprint density at radius 1 is 1.42 bits per heavy atom. The maximum Gasteiger partial charge on any atom is 0.330 e. The van der Waals surface area contributed by atoms with Gasteiger partial charge >= 0.3 is 6.03 Å². The van der Waals surface area contributed by atoms with Crippen molar-refractivity contribution in [3.05, 3.63) is 18.2 Å². The Balaban J connectivity index is 1.48. The van der Waals surface area contributed by atoms with Crippen molar-refractivity contribution < 1.29 is 18.8 Å². The third kappa shape index (κ3) is 4.11. The maximum absolute atomic E-state index is 12.0. The van der Waals surface area contributed by atoms with E-state index in [1.54, 1.807) is 25.3 Å². The summed E-state index contributed by atoms with van der Waals surface area (Å²) >= 11 is 1.36. The molecule has 9 heteroatoms. The number of carbonyl (C=O) groups excluding carboxylic acids is 1. The van der Waals surface area contributed by atoms with Crippen molar-refractivity contribution in [2.24, 2.45) is 0 Å². The highest BCUT2D eigenvalue weighted by atomic mass is 32.2. The first kappa shape index (κ1) is 16.9. The fourth-order valence-electron chi connectivity index (χ4n) is 2.47. The van der Waals surface area contributed by atoms with Gasteiger partial charge in [-0.25, -0.2) is 4.79 Å². The molecule has 0 atom stereocenters. The van der Waals surface area contributed by atoms with Gasteiger partial charge in [0.15, 0.2) is 11.4 Å². The molecule has 8 nitrogen and oxygen atoms in total. The van der Waals surface area contributed by atoms with Gasteiger partial charge < -0.3 is 14.0 Å². The summed E-state index contributed by atoms with van der Waals surface area (Å²) < 4.78 is 18.5. The average Bonchev–Trinajstić information content (AvgIpc) is 3.03. The molecule has 130 valence electrons. The van der Waals surface area contributed by atoms with Crippen molar-refractivity contribution in [3.8, 4) is 5.75 Å². The molecule has 1 fully saturated rings. The van der Waals surface area contributed by atoms with E-state index in [0.29, 0.717) is 22.5 Å². The fourth-order valence-corrected chi connectivity index (χ4v) is 3.10. The van der Waals surface area contributed by atoms with Crippen LogP contribution in [0.5, 0.6) is 5.75 Å². The predicted molar refractivity (Wildman–Crippen MR) is 92.4 cm³/mol. The summed E-state index contributed by atoms with van der Waals surface area (Å²) in [7, 11) is 1.56. The van der Waals surface area contributed by atoms with Crippen LogP contribution < -0.4 is 14.8 Å². The minimum absolute atomic E-state index is 0.341. The minimum atomic E-state index is -0.344. The number of ether oxygens (including phenoxy) is 2. The van der Waals surface area contributed by atoms with E-state index in [-0.39, 0.29) is 6.03 Å². The molecule has 0 bridgehead atoms. The number of anilines is 1.